The van der Waals surface area contributed by atoms with Gasteiger partial charge < -0.3 is 4.55 Å². The molecule has 48 valence electrons. The molecule has 0 saturated carbocycles. The SMILES string of the molecule is [O-][S+]1CCCCCN1. The summed E-state index contributed by atoms with van der Waals surface area (Å²) in [5, 5.41) is 0. The molecule has 1 heterocycles. The Balaban J connectivity index is 2.17. The molecule has 1 fully saturated rings. The smallest absolute Gasteiger partial charge is 0.125 e. The Kier molecular flexibility index (Phi) is 2.66. The molecule has 1 unspecified atom stereocenters. The van der Waals surface area contributed by atoms with Crippen LogP contribution in [-0.4, -0.2) is 16.9 Å². The monoisotopic (exact) mass is 133 g/mol. The van der Waals surface area contributed by atoms with E-state index in [1.54, 1.807) is 0 Å². The summed E-state index contributed by atoms with van der Waals surface area (Å²) in [6.45, 7) is 0.937. The summed E-state index contributed by atoms with van der Waals surface area (Å²) in [6, 6.07) is 0. The van der Waals surface area contributed by atoms with Crippen molar-refractivity contribution in [2.75, 3.05) is 12.3 Å². The second-order valence-corrected chi connectivity index (χ2v) is 3.39. The predicted molar refractivity (Wildman–Crippen MR) is 34.9 cm³/mol. The van der Waals surface area contributed by atoms with Crippen molar-refractivity contribution in [1.82, 2.24) is 4.72 Å². The van der Waals surface area contributed by atoms with E-state index in [-0.39, 0.29) is 0 Å². The maximum atomic E-state index is 10.7. The zero-order valence-electron chi connectivity index (χ0n) is 4.85. The zero-order chi connectivity index (χ0) is 5.82. The molecule has 0 aliphatic carbocycles. The maximum Gasteiger partial charge on any atom is 0.125 e. The van der Waals surface area contributed by atoms with E-state index in [2.05, 4.69) is 4.72 Å². The number of rotatable bonds is 0. The highest BCUT2D eigenvalue weighted by atomic mass is 32.2. The van der Waals surface area contributed by atoms with Crippen LogP contribution in [0.3, 0.4) is 0 Å². The van der Waals surface area contributed by atoms with Crippen LogP contribution in [0.5, 0.6) is 0 Å². The van der Waals surface area contributed by atoms with Gasteiger partial charge in [0.2, 0.25) is 0 Å². The summed E-state index contributed by atoms with van der Waals surface area (Å²) < 4.78 is 13.6. The lowest BCUT2D eigenvalue weighted by Gasteiger charge is -2.04. The van der Waals surface area contributed by atoms with Gasteiger partial charge in [-0.05, 0) is 19.3 Å². The molecule has 3 heteroatoms. The molecule has 1 aliphatic rings. The summed E-state index contributed by atoms with van der Waals surface area (Å²) in [7, 11) is 0. The zero-order valence-corrected chi connectivity index (χ0v) is 5.67. The fourth-order valence-corrected chi connectivity index (χ4v) is 1.78. The van der Waals surface area contributed by atoms with Crippen LogP contribution in [0, 0.1) is 0 Å². The molecule has 0 aromatic rings. The van der Waals surface area contributed by atoms with Crippen LogP contribution in [0.25, 0.3) is 0 Å². The van der Waals surface area contributed by atoms with Gasteiger partial charge in [0.25, 0.3) is 0 Å². The first kappa shape index (κ1) is 6.39. The van der Waals surface area contributed by atoms with Gasteiger partial charge in [-0.15, -0.1) is 4.72 Å². The second-order valence-electron chi connectivity index (χ2n) is 2.00. The van der Waals surface area contributed by atoms with E-state index in [4.69, 9.17) is 0 Å². The standard InChI is InChI=1S/C5H11NOS/c7-8-5-3-1-2-4-6-8/h6H,1-5H2. The molecule has 0 bridgehead atoms. The van der Waals surface area contributed by atoms with Crippen molar-refractivity contribution in [2.45, 2.75) is 19.3 Å². The Morgan fingerprint density at radius 3 is 3.00 bits per heavy atom. The fraction of sp³-hybridized carbons (Fsp3) is 1.00. The molecule has 1 N–H and O–H groups in total. The molecule has 0 aromatic carbocycles. The lowest BCUT2D eigenvalue weighted by Crippen LogP contribution is -2.24. The second kappa shape index (κ2) is 3.33. The van der Waals surface area contributed by atoms with Crippen molar-refractivity contribution in [2.24, 2.45) is 0 Å². The highest BCUT2D eigenvalue weighted by Crippen LogP contribution is 2.02. The molecule has 0 spiro atoms. The van der Waals surface area contributed by atoms with E-state index in [1.807, 2.05) is 0 Å². The fourth-order valence-electron chi connectivity index (χ4n) is 0.793. The Hall–Kier alpha value is 0.270. The summed E-state index contributed by atoms with van der Waals surface area (Å²) in [6.07, 6.45) is 3.55. The van der Waals surface area contributed by atoms with Crippen molar-refractivity contribution in [1.29, 1.82) is 0 Å². The molecule has 1 rings (SSSR count). The molecule has 0 aromatic heterocycles. The van der Waals surface area contributed by atoms with Crippen LogP contribution in [0.1, 0.15) is 19.3 Å². The average Bonchev–Trinajstić information content (AvgIpc) is 1.94. The van der Waals surface area contributed by atoms with Crippen LogP contribution in [0.2, 0.25) is 0 Å². The summed E-state index contributed by atoms with van der Waals surface area (Å²) in [4.78, 5) is 0. The van der Waals surface area contributed by atoms with Gasteiger partial charge in [0.05, 0.1) is 0 Å². The van der Waals surface area contributed by atoms with Crippen molar-refractivity contribution < 1.29 is 4.55 Å². The van der Waals surface area contributed by atoms with E-state index in [0.717, 1.165) is 18.7 Å². The minimum absolute atomic E-state index is 0.708. The van der Waals surface area contributed by atoms with Crippen LogP contribution >= 0.6 is 0 Å². The topological polar surface area (TPSA) is 35.1 Å². The van der Waals surface area contributed by atoms with E-state index >= 15 is 0 Å². The maximum absolute atomic E-state index is 10.7. The molecular formula is C5H11NOS. The lowest BCUT2D eigenvalue weighted by molar-refractivity contribution is 0.584. The molecular weight excluding hydrogens is 122 g/mol. The highest BCUT2D eigenvalue weighted by molar-refractivity contribution is 7.89. The van der Waals surface area contributed by atoms with Gasteiger partial charge in [0.15, 0.2) is 0 Å². The van der Waals surface area contributed by atoms with Crippen molar-refractivity contribution in [3.63, 3.8) is 0 Å². The van der Waals surface area contributed by atoms with E-state index in [1.165, 1.54) is 12.8 Å². The first-order valence-corrected chi connectivity index (χ1v) is 4.33. The third-order valence-corrected chi connectivity index (χ3v) is 2.46. The normalized spacial score (nSPS) is 31.9. The first-order valence-electron chi connectivity index (χ1n) is 3.01. The van der Waals surface area contributed by atoms with Gasteiger partial charge in [-0.3, -0.25) is 0 Å². The third kappa shape index (κ3) is 2.03. The Labute approximate surface area is 53.0 Å². The molecule has 1 atom stereocenters. The minimum Gasteiger partial charge on any atom is -0.598 e. The van der Waals surface area contributed by atoms with Gasteiger partial charge in [0, 0.05) is 17.9 Å². The number of hydrogen-bond donors (Lipinski definition) is 1. The van der Waals surface area contributed by atoms with E-state index in [0.29, 0.717) is 0 Å². The van der Waals surface area contributed by atoms with E-state index in [9.17, 15) is 4.55 Å². The van der Waals surface area contributed by atoms with Crippen LogP contribution in [-0.2, 0) is 11.4 Å². The Bertz CT molecular complexity index is 61.4. The van der Waals surface area contributed by atoms with Crippen LogP contribution < -0.4 is 4.72 Å². The molecule has 1 saturated heterocycles. The lowest BCUT2D eigenvalue weighted by atomic mass is 10.3. The Morgan fingerprint density at radius 1 is 1.25 bits per heavy atom. The molecule has 0 radical (unpaired) electrons. The van der Waals surface area contributed by atoms with Gasteiger partial charge in [-0.2, -0.15) is 0 Å². The van der Waals surface area contributed by atoms with Crippen molar-refractivity contribution in [3.05, 3.63) is 0 Å². The highest BCUT2D eigenvalue weighted by Gasteiger charge is 2.08. The first-order chi connectivity index (χ1) is 3.89. The minimum atomic E-state index is -0.708. The average molecular weight is 133 g/mol. The van der Waals surface area contributed by atoms with Crippen LogP contribution in [0.4, 0.5) is 0 Å². The molecule has 1 aliphatic heterocycles. The van der Waals surface area contributed by atoms with Crippen LogP contribution in [0.15, 0.2) is 0 Å². The summed E-state index contributed by atoms with van der Waals surface area (Å²) in [5.74, 6) is 0.847. The summed E-state index contributed by atoms with van der Waals surface area (Å²) in [5.41, 5.74) is 0. The van der Waals surface area contributed by atoms with Gasteiger partial charge in [-0.1, -0.05) is 0 Å². The Morgan fingerprint density at radius 2 is 2.12 bits per heavy atom. The number of hydrogen-bond acceptors (Lipinski definition) is 2. The van der Waals surface area contributed by atoms with E-state index < -0.39 is 11.4 Å². The van der Waals surface area contributed by atoms with Crippen molar-refractivity contribution >= 4 is 11.4 Å². The third-order valence-electron chi connectivity index (χ3n) is 1.27. The molecule has 0 amide bonds. The van der Waals surface area contributed by atoms with Crippen molar-refractivity contribution in [3.8, 4) is 0 Å². The van der Waals surface area contributed by atoms with Gasteiger partial charge in [0.1, 0.15) is 5.75 Å². The predicted octanol–water partition coefficient (Wildman–Crippen LogP) is 0.424. The molecule has 2 nitrogen and oxygen atoms in total. The van der Waals surface area contributed by atoms with Gasteiger partial charge >= 0.3 is 0 Å². The molecule has 8 heavy (non-hydrogen) atoms. The van der Waals surface area contributed by atoms with Gasteiger partial charge in [-0.25, -0.2) is 0 Å². The largest absolute Gasteiger partial charge is 0.598 e. The quantitative estimate of drug-likeness (QED) is 0.486. The number of nitrogens with one attached hydrogen (secondary N) is 1. The summed E-state index contributed by atoms with van der Waals surface area (Å²) >= 11 is -0.708.